The second-order valence-electron chi connectivity index (χ2n) is 12.7. The molecule has 7 rings (SSSR count). The number of carbonyl (C=O) groups excluding carboxylic acids is 2. The number of phenolic OH excluding ortho intramolecular Hbond substituents is 1. The minimum atomic E-state index is 0.0422. The van der Waals surface area contributed by atoms with Gasteiger partial charge in [0.1, 0.15) is 17.1 Å². The lowest BCUT2D eigenvalue weighted by molar-refractivity contribution is -0.117. The highest BCUT2D eigenvalue weighted by atomic mass is 16.3. The zero-order valence-corrected chi connectivity index (χ0v) is 28.3. The number of nitrogens with zero attached hydrogens (tertiary/aromatic N) is 6. The van der Waals surface area contributed by atoms with Crippen LogP contribution in [0.15, 0.2) is 103 Å². The number of imidazole rings is 1. The molecule has 1 unspecified atom stereocenters. The van der Waals surface area contributed by atoms with Crippen LogP contribution in [0.3, 0.4) is 0 Å². The topological polar surface area (TPSA) is 130 Å². The summed E-state index contributed by atoms with van der Waals surface area (Å²) >= 11 is 0. The lowest BCUT2D eigenvalue weighted by Gasteiger charge is -2.18. The Morgan fingerprint density at radius 1 is 0.960 bits per heavy atom. The van der Waals surface area contributed by atoms with Crippen LogP contribution in [0, 0.1) is 12.8 Å². The highest BCUT2D eigenvalue weighted by Crippen LogP contribution is 2.32. The average molecular weight is 668 g/mol. The number of aromatic nitrogens is 4. The van der Waals surface area contributed by atoms with E-state index >= 15 is 0 Å². The minimum Gasteiger partial charge on any atom is -0.507 e. The van der Waals surface area contributed by atoms with Crippen molar-refractivity contribution in [2.45, 2.75) is 26.3 Å². The number of pyridine rings is 2. The Morgan fingerprint density at radius 3 is 2.48 bits per heavy atom. The summed E-state index contributed by atoms with van der Waals surface area (Å²) in [5.74, 6) is 1.83. The number of aldehydes is 1. The Hall–Kier alpha value is -5.87. The molecule has 254 valence electrons. The second-order valence-corrected chi connectivity index (χ2v) is 12.7. The first kappa shape index (κ1) is 34.0. The van der Waals surface area contributed by atoms with Crippen LogP contribution in [0.2, 0.25) is 0 Å². The van der Waals surface area contributed by atoms with Gasteiger partial charge >= 0.3 is 0 Å². The van der Waals surface area contributed by atoms with Gasteiger partial charge in [0.05, 0.1) is 16.8 Å². The first-order chi connectivity index (χ1) is 24.3. The maximum Gasteiger partial charge on any atom is 0.209 e. The lowest BCUT2D eigenvalue weighted by atomic mass is 10.1. The smallest absolute Gasteiger partial charge is 0.209 e. The van der Waals surface area contributed by atoms with Gasteiger partial charge in [-0.3, -0.25) is 19.1 Å². The van der Waals surface area contributed by atoms with Gasteiger partial charge in [0, 0.05) is 44.1 Å². The van der Waals surface area contributed by atoms with Crippen molar-refractivity contribution < 1.29 is 14.7 Å². The van der Waals surface area contributed by atoms with Gasteiger partial charge < -0.3 is 15.7 Å². The Morgan fingerprint density at radius 2 is 1.76 bits per heavy atom. The molecule has 0 bridgehead atoms. The van der Waals surface area contributed by atoms with Crippen molar-refractivity contribution in [3.05, 3.63) is 120 Å². The van der Waals surface area contributed by atoms with Crippen LogP contribution in [0.4, 0.5) is 5.82 Å². The molecule has 1 amide bonds. The van der Waals surface area contributed by atoms with E-state index in [1.165, 1.54) is 18.1 Å². The Bertz CT molecular complexity index is 2080. The molecule has 3 N–H and O–H groups in total. The van der Waals surface area contributed by atoms with Gasteiger partial charge in [-0.15, -0.1) is 0 Å². The van der Waals surface area contributed by atoms with Crippen molar-refractivity contribution in [2.24, 2.45) is 5.92 Å². The second kappa shape index (κ2) is 15.6. The van der Waals surface area contributed by atoms with E-state index in [1.54, 1.807) is 23.2 Å². The van der Waals surface area contributed by atoms with Gasteiger partial charge in [0.25, 0.3) is 0 Å². The lowest BCUT2D eigenvalue weighted by Crippen LogP contribution is -2.23. The fourth-order valence-corrected chi connectivity index (χ4v) is 6.27. The SMILES string of the molecule is CN(C=O)CCC1CCN(Cc2ccc(-n3c(-c4cccnc4N)nc4ccc(-c5ccccc5)nc43)cc2)C1.Cc1ccc(O)c(C=O)c1. The maximum absolute atomic E-state index is 10.9. The van der Waals surface area contributed by atoms with E-state index in [0.717, 1.165) is 78.2 Å². The Kier molecular flexibility index (Phi) is 10.6. The Labute approximate surface area is 291 Å². The number of nitrogen functional groups attached to an aromatic ring is 1. The minimum absolute atomic E-state index is 0.0422. The number of phenols is 1. The van der Waals surface area contributed by atoms with Gasteiger partial charge in [0.2, 0.25) is 6.41 Å². The zero-order valence-electron chi connectivity index (χ0n) is 28.3. The molecule has 1 fully saturated rings. The Balaban J connectivity index is 0.000000373. The standard InChI is InChI=1S/C32H33N7O.C8H8O2/c1-37(22-40)18-15-24-16-19-38(21-24)20-23-9-11-26(12-10-23)39-31(27-8-5-17-34-30(27)33)36-29-14-13-28(35-32(29)39)25-6-3-2-4-7-25;1-6-2-3-8(10)7(4-6)5-9/h2-14,17,22,24H,15-16,18-21H2,1H3,(H2,33,34);2-5,10H,1H3. The van der Waals surface area contributed by atoms with E-state index in [-0.39, 0.29) is 5.75 Å². The van der Waals surface area contributed by atoms with Crippen LogP contribution in [-0.4, -0.2) is 73.8 Å². The number of likely N-dealkylation sites (tertiary alicyclic amines) is 1. The molecule has 3 aromatic carbocycles. The molecule has 1 saturated heterocycles. The van der Waals surface area contributed by atoms with Gasteiger partial charge in [-0.2, -0.15) is 0 Å². The zero-order chi connectivity index (χ0) is 35.0. The van der Waals surface area contributed by atoms with E-state index in [0.29, 0.717) is 29.4 Å². The van der Waals surface area contributed by atoms with E-state index in [2.05, 4.69) is 50.8 Å². The first-order valence-corrected chi connectivity index (χ1v) is 16.7. The summed E-state index contributed by atoms with van der Waals surface area (Å²) in [6, 6.07) is 31.6. The predicted molar refractivity (Wildman–Crippen MR) is 197 cm³/mol. The van der Waals surface area contributed by atoms with E-state index in [1.807, 2.05) is 56.4 Å². The molecule has 0 radical (unpaired) electrons. The third kappa shape index (κ3) is 7.88. The first-order valence-electron chi connectivity index (χ1n) is 16.7. The van der Waals surface area contributed by atoms with Crippen LogP contribution in [0.5, 0.6) is 5.75 Å². The molecule has 0 aliphatic carbocycles. The third-order valence-electron chi connectivity index (χ3n) is 9.00. The number of aryl methyl sites for hydroxylation is 1. The number of anilines is 1. The third-order valence-corrected chi connectivity index (χ3v) is 9.00. The predicted octanol–water partition coefficient (Wildman–Crippen LogP) is 6.55. The molecule has 10 nitrogen and oxygen atoms in total. The molecule has 0 saturated carbocycles. The number of aromatic hydroxyl groups is 1. The maximum atomic E-state index is 10.9. The molecular formula is C40H41N7O3. The van der Waals surface area contributed by atoms with Crippen LogP contribution in [0.1, 0.15) is 34.3 Å². The summed E-state index contributed by atoms with van der Waals surface area (Å²) in [4.78, 5) is 39.7. The molecule has 1 aliphatic rings. The number of nitrogens with two attached hydrogens (primary N) is 1. The van der Waals surface area contributed by atoms with Crippen molar-refractivity contribution >= 4 is 29.7 Å². The average Bonchev–Trinajstić information content (AvgIpc) is 3.76. The monoisotopic (exact) mass is 667 g/mol. The number of hydrogen-bond acceptors (Lipinski definition) is 8. The number of hydrogen-bond donors (Lipinski definition) is 2. The van der Waals surface area contributed by atoms with Crippen LogP contribution in [-0.2, 0) is 11.3 Å². The molecule has 3 aromatic heterocycles. The van der Waals surface area contributed by atoms with Crippen LogP contribution in [0.25, 0.3) is 39.5 Å². The summed E-state index contributed by atoms with van der Waals surface area (Å²) < 4.78 is 2.08. The van der Waals surface area contributed by atoms with E-state index in [4.69, 9.17) is 20.8 Å². The van der Waals surface area contributed by atoms with Crippen LogP contribution < -0.4 is 5.73 Å². The largest absolute Gasteiger partial charge is 0.507 e. The molecule has 0 spiro atoms. The van der Waals surface area contributed by atoms with Crippen molar-refractivity contribution in [1.82, 2.24) is 29.3 Å². The molecule has 10 heteroatoms. The summed E-state index contributed by atoms with van der Waals surface area (Å²) in [6.07, 6.45) is 5.47. The molecule has 6 aromatic rings. The summed E-state index contributed by atoms with van der Waals surface area (Å²) in [6.45, 7) is 5.74. The van der Waals surface area contributed by atoms with E-state index < -0.39 is 0 Å². The number of amides is 1. The number of benzene rings is 3. The number of fused-ring (bicyclic) bond motifs is 1. The highest BCUT2D eigenvalue weighted by Gasteiger charge is 2.23. The van der Waals surface area contributed by atoms with Gasteiger partial charge in [-0.25, -0.2) is 15.0 Å². The molecule has 1 atom stereocenters. The van der Waals surface area contributed by atoms with Crippen molar-refractivity contribution in [2.75, 3.05) is 32.4 Å². The molecule has 50 heavy (non-hydrogen) atoms. The molecule has 4 heterocycles. The highest BCUT2D eigenvalue weighted by molar-refractivity contribution is 5.84. The van der Waals surface area contributed by atoms with Crippen molar-refractivity contribution in [1.29, 1.82) is 0 Å². The number of carbonyl (C=O) groups is 2. The van der Waals surface area contributed by atoms with Crippen molar-refractivity contribution in [3.63, 3.8) is 0 Å². The van der Waals surface area contributed by atoms with Crippen LogP contribution >= 0.6 is 0 Å². The van der Waals surface area contributed by atoms with Crippen molar-refractivity contribution in [3.8, 4) is 34.1 Å². The van der Waals surface area contributed by atoms with Gasteiger partial charge in [0.15, 0.2) is 17.8 Å². The number of rotatable bonds is 10. The summed E-state index contributed by atoms with van der Waals surface area (Å²) in [5, 5.41) is 9.00. The normalized spacial score (nSPS) is 14.2. The fourth-order valence-electron chi connectivity index (χ4n) is 6.27. The summed E-state index contributed by atoms with van der Waals surface area (Å²) in [7, 11) is 1.84. The molecule has 1 aliphatic heterocycles. The van der Waals surface area contributed by atoms with Gasteiger partial charge in [-0.1, -0.05) is 54.1 Å². The molecular weight excluding hydrogens is 626 g/mol. The van der Waals surface area contributed by atoms with Gasteiger partial charge in [-0.05, 0) is 86.3 Å². The fraction of sp³-hybridized carbons (Fsp3) is 0.225. The van der Waals surface area contributed by atoms with E-state index in [9.17, 15) is 9.59 Å². The summed E-state index contributed by atoms with van der Waals surface area (Å²) in [5.41, 5.74) is 14.1. The quantitative estimate of drug-likeness (QED) is 0.158.